The van der Waals surface area contributed by atoms with Crippen molar-refractivity contribution in [1.29, 1.82) is 0 Å². The van der Waals surface area contributed by atoms with Gasteiger partial charge in [0.15, 0.2) is 0 Å². The second-order valence-electron chi connectivity index (χ2n) is 28.6. The molecule has 12 aromatic rings. The fourth-order valence-corrected chi connectivity index (χ4v) is 19.2. The summed E-state index contributed by atoms with van der Waals surface area (Å²) in [6.07, 6.45) is 18.1. The maximum atomic E-state index is 11.2. The Morgan fingerprint density at radius 1 is 0.455 bits per heavy atom. The fraction of sp³-hybridized carbons (Fsp3) is 0.373. The van der Waals surface area contributed by atoms with E-state index in [-0.39, 0.29) is 34.9 Å². The monoisotopic (exact) mass is 1560 g/mol. The Morgan fingerprint density at radius 2 is 0.848 bits per heavy atom. The number of rotatable bonds is 6. The van der Waals surface area contributed by atoms with E-state index < -0.39 is 42.0 Å². The molecule has 0 saturated heterocycles. The molecule has 5 saturated carbocycles. The average Bonchev–Trinajstić information content (AvgIpc) is 1.69. The number of nitrogens with zero attached hydrogens (tertiary/aromatic N) is 12. The molecule has 99 heavy (non-hydrogen) atoms. The molecule has 0 unspecified atom stereocenters. The van der Waals surface area contributed by atoms with Gasteiger partial charge in [-0.1, -0.05) is 71.8 Å². The number of hydrogen-bond acceptors (Lipinski definition) is 16. The highest BCUT2D eigenvalue weighted by Crippen LogP contribution is 2.61. The number of aliphatic hydroxyl groups is 6. The van der Waals surface area contributed by atoms with Gasteiger partial charge in [-0.05, 0) is 216 Å². The maximum Gasteiger partial charge on any atom is 0.143 e. The van der Waals surface area contributed by atoms with Crippen LogP contribution in [0.15, 0.2) is 154 Å². The molecule has 8 N–H and O–H groups in total. The Labute approximate surface area is 605 Å². The van der Waals surface area contributed by atoms with Crippen LogP contribution in [0.1, 0.15) is 134 Å². The molecule has 5 fully saturated rings. The first-order valence-electron chi connectivity index (χ1n) is 33.6. The van der Waals surface area contributed by atoms with Crippen LogP contribution < -0.4 is 5.73 Å². The van der Waals surface area contributed by atoms with Crippen molar-refractivity contribution in [3.05, 3.63) is 198 Å². The Kier molecular flexibility index (Phi) is 17.2. The lowest BCUT2D eigenvalue weighted by atomic mass is 9.80. The van der Waals surface area contributed by atoms with Gasteiger partial charge in [0.25, 0.3) is 0 Å². The summed E-state index contributed by atoms with van der Waals surface area (Å²) in [4.78, 5) is 39.7. The van der Waals surface area contributed by atoms with Crippen molar-refractivity contribution in [3.8, 4) is 0 Å². The van der Waals surface area contributed by atoms with Crippen molar-refractivity contribution in [3.63, 3.8) is 0 Å². The molecule has 24 heteroatoms. The zero-order chi connectivity index (χ0) is 68.7. The second kappa shape index (κ2) is 25.5. The molecule has 3 spiro atoms. The third kappa shape index (κ3) is 11.5. The molecule has 19 nitrogen and oxygen atoms in total. The molecule has 0 bridgehead atoms. The third-order valence-corrected chi connectivity index (χ3v) is 26.1. The highest BCUT2D eigenvalue weighted by Gasteiger charge is 2.58. The van der Waals surface area contributed by atoms with Gasteiger partial charge in [-0.2, -0.15) is 0 Å². The first-order chi connectivity index (χ1) is 47.6. The minimum Gasteiger partial charge on any atom is -0.390 e. The Balaban J connectivity index is 0.000000116. The van der Waals surface area contributed by atoms with E-state index in [0.717, 1.165) is 160 Å². The number of aliphatic hydroxyl groups excluding tert-OH is 6. The van der Waals surface area contributed by atoms with Gasteiger partial charge >= 0.3 is 0 Å². The largest absolute Gasteiger partial charge is 0.390 e. The summed E-state index contributed by atoms with van der Waals surface area (Å²) in [6, 6.07) is 30.2. The molecule has 9 aromatic heterocycles. The molecule has 15 atom stereocenters. The van der Waals surface area contributed by atoms with Crippen LogP contribution >= 0.6 is 71.0 Å². The van der Waals surface area contributed by atoms with Crippen molar-refractivity contribution in [1.82, 2.24) is 58.6 Å². The van der Waals surface area contributed by atoms with Gasteiger partial charge in [0.2, 0.25) is 0 Å². The van der Waals surface area contributed by atoms with Crippen LogP contribution in [0.5, 0.6) is 0 Å². The quantitative estimate of drug-likeness (QED) is 0.0602. The number of allylic oxidation sites excluding steroid dienone is 1. The standard InChI is InChI=1S/2C25H24BrClN4O2.C25H24BrN5O2/c3*1-13-17-5-7-31(24(17)29-12-28-13)20-11-25(22(33)21(20)32)6-4-16(10-25)14-2-3-15-8-18(26)23(27)30-19(15)9-14/h2*2-3,5,7-9,12,16,20-22,32-33H,4,6,10-11H2,1H3;2-9,12,16,20-22,32-33H,10-11H2,1H3,(H2,27,30)/t16-,20+,21-,22-,25-;16-,20-,21+,22+,25+;16-,20+,21-,22-,25-/m010/s1. The number of pyridine rings is 3. The van der Waals surface area contributed by atoms with E-state index >= 15 is 0 Å². The molecule has 0 aliphatic heterocycles. The lowest BCUT2D eigenvalue weighted by molar-refractivity contribution is -0.0260. The number of aryl methyl sites for hydroxylation is 3. The van der Waals surface area contributed by atoms with E-state index in [1.54, 1.807) is 19.0 Å². The van der Waals surface area contributed by atoms with Crippen LogP contribution in [0, 0.1) is 37.0 Å². The topological polar surface area (TPSA) is 278 Å². The van der Waals surface area contributed by atoms with Gasteiger partial charge in [-0.15, -0.1) is 0 Å². The van der Waals surface area contributed by atoms with Crippen molar-refractivity contribution < 1.29 is 30.6 Å². The van der Waals surface area contributed by atoms with Crippen LogP contribution in [0.2, 0.25) is 10.3 Å². The predicted octanol–water partition coefficient (Wildman–Crippen LogP) is 14.7. The highest BCUT2D eigenvalue weighted by atomic mass is 79.9. The Morgan fingerprint density at radius 3 is 1.30 bits per heavy atom. The number of aromatic nitrogens is 12. The van der Waals surface area contributed by atoms with E-state index in [9.17, 15) is 30.6 Å². The average molecular weight is 1560 g/mol. The molecule has 9 heterocycles. The van der Waals surface area contributed by atoms with Crippen molar-refractivity contribution in [2.45, 2.75) is 157 Å². The van der Waals surface area contributed by atoms with Gasteiger partial charge in [0, 0.05) is 73.1 Å². The van der Waals surface area contributed by atoms with Crippen LogP contribution in [0.3, 0.4) is 0 Å². The lowest BCUT2D eigenvalue weighted by Gasteiger charge is -2.28. The zero-order valence-corrected chi connectivity index (χ0v) is 60.6. The number of halogens is 5. The smallest absolute Gasteiger partial charge is 0.143 e. The summed E-state index contributed by atoms with van der Waals surface area (Å²) in [6.45, 7) is 5.87. The molecule has 0 amide bonds. The van der Waals surface area contributed by atoms with Crippen LogP contribution in [0.4, 0.5) is 5.82 Å². The first kappa shape index (κ1) is 66.6. The Bertz CT molecular complexity index is 5020. The summed E-state index contributed by atoms with van der Waals surface area (Å²) < 4.78 is 8.41. The van der Waals surface area contributed by atoms with E-state index in [0.29, 0.717) is 34.4 Å². The first-order valence-corrected chi connectivity index (χ1v) is 36.7. The number of fused-ring (bicyclic) bond motifs is 6. The number of nitrogen functional groups attached to an aromatic ring is 1. The molecule has 6 aliphatic rings. The minimum atomic E-state index is -0.880. The van der Waals surface area contributed by atoms with E-state index in [4.69, 9.17) is 28.9 Å². The van der Waals surface area contributed by atoms with Crippen LogP contribution in [-0.2, 0) is 0 Å². The highest BCUT2D eigenvalue weighted by molar-refractivity contribution is 9.11. The summed E-state index contributed by atoms with van der Waals surface area (Å²) in [5, 5.41) is 73.8. The number of nitrogens with two attached hydrogens (primary N) is 1. The zero-order valence-electron chi connectivity index (χ0n) is 54.3. The molecule has 3 aromatic carbocycles. The lowest BCUT2D eigenvalue weighted by Crippen LogP contribution is -2.35. The summed E-state index contributed by atoms with van der Waals surface area (Å²) >= 11 is 22.8. The van der Waals surface area contributed by atoms with Crippen molar-refractivity contribution >= 4 is 143 Å². The van der Waals surface area contributed by atoms with Crippen LogP contribution in [-0.4, -0.2) is 126 Å². The van der Waals surface area contributed by atoms with Gasteiger partial charge in [0.05, 0.1) is 83.5 Å². The van der Waals surface area contributed by atoms with Crippen LogP contribution in [0.25, 0.3) is 65.8 Å². The molecule has 508 valence electrons. The summed E-state index contributed by atoms with van der Waals surface area (Å²) in [7, 11) is 0. The normalized spacial score (nSPS) is 29.4. The molecular formula is C75H72Br3Cl2N13O6. The SMILES string of the molecule is Cc1ncnc2c1ccn2[C@@H]1C[C@@]2(C=C[C@H](c3ccc4cc(Br)c(N)nc4c3)C2)[C@@H](O)[C@H]1O.Cc1ncnc2c1ccn2[C@@H]1C[C@@]2(CC[C@@H](c3ccc4cc(Br)c(Cl)nc4c3)C2)[C@@H](O)[C@H]1O.Cc1ncnc2c1ccn2[C@@H]1C[C@@]2(CC[C@H](c3ccc4cc(Br)c(Cl)nc4c3)C2)[C@@H](O)[C@H]1O. The Hall–Kier alpha value is -6.93. The minimum absolute atomic E-state index is 0.132. The predicted molar refractivity (Wildman–Crippen MR) is 394 cm³/mol. The van der Waals surface area contributed by atoms with Gasteiger partial charge in [-0.3, -0.25) is 0 Å². The molecule has 18 rings (SSSR count). The number of anilines is 1. The fourth-order valence-electron chi connectivity index (χ4n) is 18.0. The van der Waals surface area contributed by atoms with Crippen molar-refractivity contribution in [2.75, 3.05) is 5.73 Å². The van der Waals surface area contributed by atoms with Crippen molar-refractivity contribution in [2.24, 2.45) is 16.2 Å². The van der Waals surface area contributed by atoms with E-state index in [1.807, 2.05) is 89.5 Å². The summed E-state index contributed by atoms with van der Waals surface area (Å²) in [5.41, 5.74) is 16.2. The number of hydrogen-bond donors (Lipinski definition) is 7. The molecule has 0 radical (unpaired) electrons. The molecule has 6 aliphatic carbocycles. The number of benzene rings is 3. The third-order valence-electron chi connectivity index (χ3n) is 23.3. The maximum absolute atomic E-state index is 11.2. The van der Waals surface area contributed by atoms with Gasteiger partial charge < -0.3 is 50.1 Å². The van der Waals surface area contributed by atoms with Gasteiger partial charge in [-0.25, -0.2) is 44.9 Å². The van der Waals surface area contributed by atoms with Gasteiger partial charge in [0.1, 0.15) is 70.4 Å². The van der Waals surface area contributed by atoms with E-state index in [1.165, 1.54) is 11.1 Å². The van der Waals surface area contributed by atoms with E-state index in [2.05, 4.69) is 159 Å². The second-order valence-corrected chi connectivity index (χ2v) is 31.9. The molecular weight excluding hydrogens is 1490 g/mol. The summed E-state index contributed by atoms with van der Waals surface area (Å²) in [5.74, 6) is 1.22.